The fourth-order valence-electron chi connectivity index (χ4n) is 1.36. The lowest BCUT2D eigenvalue weighted by molar-refractivity contribution is 0.0696. The first kappa shape index (κ1) is 13.2. The molecule has 1 aromatic heterocycles. The Bertz CT molecular complexity index is 629. The van der Waals surface area contributed by atoms with Gasteiger partial charge in [-0.05, 0) is 6.07 Å². The van der Waals surface area contributed by atoms with E-state index in [4.69, 9.17) is 21.4 Å². The standard InChI is InChI=1S/C12H6ClF2NO3/c13-10-1-6(12(17)18)2-11(16-10)19-9-4-7(14)3-8(15)5-9/h1-5H,(H,17,18). The summed E-state index contributed by atoms with van der Waals surface area (Å²) in [6, 6.07) is 4.78. The molecule has 0 aliphatic heterocycles. The second kappa shape index (κ2) is 5.19. The van der Waals surface area contributed by atoms with Gasteiger partial charge in [0.1, 0.15) is 22.5 Å². The van der Waals surface area contributed by atoms with E-state index in [0.29, 0.717) is 6.07 Å². The van der Waals surface area contributed by atoms with E-state index in [-0.39, 0.29) is 22.3 Å². The third-order valence-corrected chi connectivity index (χ3v) is 2.27. The number of nitrogens with zero attached hydrogens (tertiary/aromatic N) is 1. The number of pyridine rings is 1. The number of aromatic carboxylic acids is 1. The summed E-state index contributed by atoms with van der Waals surface area (Å²) >= 11 is 5.62. The van der Waals surface area contributed by atoms with Crippen LogP contribution >= 0.6 is 11.6 Å². The molecule has 0 spiro atoms. The highest BCUT2D eigenvalue weighted by molar-refractivity contribution is 6.29. The third-order valence-electron chi connectivity index (χ3n) is 2.08. The van der Waals surface area contributed by atoms with Gasteiger partial charge in [0, 0.05) is 24.3 Å². The van der Waals surface area contributed by atoms with Gasteiger partial charge in [-0.25, -0.2) is 18.6 Å². The maximum Gasteiger partial charge on any atom is 0.335 e. The normalized spacial score (nSPS) is 10.3. The van der Waals surface area contributed by atoms with E-state index in [2.05, 4.69) is 4.98 Å². The first-order valence-corrected chi connectivity index (χ1v) is 5.36. The molecule has 1 N–H and O–H groups in total. The average molecular weight is 286 g/mol. The van der Waals surface area contributed by atoms with Crippen LogP contribution in [-0.4, -0.2) is 16.1 Å². The molecule has 0 amide bonds. The summed E-state index contributed by atoms with van der Waals surface area (Å²) < 4.78 is 31.0. The zero-order valence-electron chi connectivity index (χ0n) is 9.23. The Labute approximate surface area is 111 Å². The highest BCUT2D eigenvalue weighted by Gasteiger charge is 2.10. The van der Waals surface area contributed by atoms with Crippen molar-refractivity contribution in [2.75, 3.05) is 0 Å². The molecule has 0 bridgehead atoms. The van der Waals surface area contributed by atoms with E-state index in [1.165, 1.54) is 0 Å². The van der Waals surface area contributed by atoms with Crippen molar-refractivity contribution in [1.29, 1.82) is 0 Å². The number of hydrogen-bond donors (Lipinski definition) is 1. The van der Waals surface area contributed by atoms with E-state index in [0.717, 1.165) is 24.3 Å². The van der Waals surface area contributed by atoms with Gasteiger partial charge in [0.25, 0.3) is 0 Å². The van der Waals surface area contributed by atoms with E-state index >= 15 is 0 Å². The van der Waals surface area contributed by atoms with Crippen LogP contribution in [0.1, 0.15) is 10.4 Å². The molecule has 4 nitrogen and oxygen atoms in total. The van der Waals surface area contributed by atoms with E-state index in [1.807, 2.05) is 0 Å². The Morgan fingerprint density at radius 1 is 1.16 bits per heavy atom. The number of carboxylic acid groups (broad SMARTS) is 1. The number of carbonyl (C=O) groups is 1. The van der Waals surface area contributed by atoms with E-state index < -0.39 is 17.6 Å². The Morgan fingerprint density at radius 3 is 2.37 bits per heavy atom. The lowest BCUT2D eigenvalue weighted by Crippen LogP contribution is -1.99. The summed E-state index contributed by atoms with van der Waals surface area (Å²) in [5, 5.41) is 8.72. The van der Waals surface area contributed by atoms with Crippen molar-refractivity contribution >= 4 is 17.6 Å². The second-order valence-corrected chi connectivity index (χ2v) is 3.92. The zero-order valence-corrected chi connectivity index (χ0v) is 9.99. The van der Waals surface area contributed by atoms with Crippen molar-refractivity contribution in [3.05, 3.63) is 52.7 Å². The lowest BCUT2D eigenvalue weighted by Gasteiger charge is -2.06. The van der Waals surface area contributed by atoms with Crippen LogP contribution in [0.25, 0.3) is 0 Å². The first-order chi connectivity index (χ1) is 8.94. The molecule has 0 aliphatic rings. The van der Waals surface area contributed by atoms with Crippen LogP contribution in [0.15, 0.2) is 30.3 Å². The topological polar surface area (TPSA) is 59.4 Å². The SMILES string of the molecule is O=C(O)c1cc(Cl)nc(Oc2cc(F)cc(F)c2)c1. The first-order valence-electron chi connectivity index (χ1n) is 4.99. The molecule has 7 heteroatoms. The van der Waals surface area contributed by atoms with E-state index in [1.54, 1.807) is 0 Å². The van der Waals surface area contributed by atoms with Crippen molar-refractivity contribution in [2.45, 2.75) is 0 Å². The molecule has 98 valence electrons. The molecule has 0 atom stereocenters. The summed E-state index contributed by atoms with van der Waals surface area (Å²) in [6.07, 6.45) is 0. The van der Waals surface area contributed by atoms with Gasteiger partial charge in [-0.3, -0.25) is 0 Å². The van der Waals surface area contributed by atoms with Crippen LogP contribution in [0.3, 0.4) is 0 Å². The summed E-state index contributed by atoms with van der Waals surface area (Å²) in [6.45, 7) is 0. The van der Waals surface area contributed by atoms with Crippen molar-refractivity contribution in [3.63, 3.8) is 0 Å². The van der Waals surface area contributed by atoms with Gasteiger partial charge in [-0.2, -0.15) is 0 Å². The Kier molecular flexibility index (Phi) is 3.62. The Morgan fingerprint density at radius 2 is 1.79 bits per heavy atom. The summed E-state index contributed by atoms with van der Waals surface area (Å²) in [4.78, 5) is 14.5. The highest BCUT2D eigenvalue weighted by atomic mass is 35.5. The number of aromatic nitrogens is 1. The Hall–Kier alpha value is -2.21. The number of ether oxygens (including phenoxy) is 1. The lowest BCUT2D eigenvalue weighted by atomic mass is 10.3. The minimum atomic E-state index is -1.22. The maximum atomic E-state index is 13.0. The molecule has 0 saturated heterocycles. The van der Waals surface area contributed by atoms with Crippen molar-refractivity contribution in [2.24, 2.45) is 0 Å². The van der Waals surface area contributed by atoms with Crippen molar-refractivity contribution < 1.29 is 23.4 Å². The van der Waals surface area contributed by atoms with Crippen LogP contribution in [0.5, 0.6) is 11.6 Å². The smallest absolute Gasteiger partial charge is 0.335 e. The van der Waals surface area contributed by atoms with Gasteiger partial charge in [0.2, 0.25) is 5.88 Å². The Balaban J connectivity index is 2.35. The predicted molar refractivity (Wildman–Crippen MR) is 62.6 cm³/mol. The van der Waals surface area contributed by atoms with Gasteiger partial charge in [0.05, 0.1) is 5.56 Å². The third kappa shape index (κ3) is 3.38. The molecule has 0 radical (unpaired) electrons. The molecule has 19 heavy (non-hydrogen) atoms. The monoisotopic (exact) mass is 285 g/mol. The van der Waals surface area contributed by atoms with Crippen LogP contribution < -0.4 is 4.74 Å². The number of halogens is 3. The van der Waals surface area contributed by atoms with Crippen LogP contribution in [0.4, 0.5) is 8.78 Å². The van der Waals surface area contributed by atoms with E-state index in [9.17, 15) is 13.6 Å². The zero-order chi connectivity index (χ0) is 14.0. The second-order valence-electron chi connectivity index (χ2n) is 3.53. The van der Waals surface area contributed by atoms with Crippen LogP contribution in [0, 0.1) is 11.6 Å². The van der Waals surface area contributed by atoms with Crippen LogP contribution in [-0.2, 0) is 0 Å². The average Bonchev–Trinajstić information content (AvgIpc) is 2.26. The van der Waals surface area contributed by atoms with Gasteiger partial charge in [-0.1, -0.05) is 11.6 Å². The minimum absolute atomic E-state index is 0.105. The van der Waals surface area contributed by atoms with Crippen LogP contribution in [0.2, 0.25) is 5.15 Å². The molecule has 0 saturated carbocycles. The van der Waals surface area contributed by atoms with Crippen molar-refractivity contribution in [3.8, 4) is 11.6 Å². The highest BCUT2D eigenvalue weighted by Crippen LogP contribution is 2.24. The molecule has 2 aromatic rings. The van der Waals surface area contributed by atoms with Gasteiger partial charge < -0.3 is 9.84 Å². The molecule has 2 rings (SSSR count). The maximum absolute atomic E-state index is 13.0. The molecule has 0 fully saturated rings. The summed E-state index contributed by atoms with van der Waals surface area (Å²) in [5.41, 5.74) is -0.146. The minimum Gasteiger partial charge on any atom is -0.478 e. The number of rotatable bonds is 3. The fourth-order valence-corrected chi connectivity index (χ4v) is 1.56. The predicted octanol–water partition coefficient (Wildman–Crippen LogP) is 3.50. The van der Waals surface area contributed by atoms with Gasteiger partial charge >= 0.3 is 5.97 Å². The number of benzene rings is 1. The molecule has 0 aliphatic carbocycles. The van der Waals surface area contributed by atoms with Gasteiger partial charge in [0.15, 0.2) is 0 Å². The largest absolute Gasteiger partial charge is 0.478 e. The molecule has 1 aromatic carbocycles. The molecule has 0 unspecified atom stereocenters. The fraction of sp³-hybridized carbons (Fsp3) is 0. The van der Waals surface area contributed by atoms with Gasteiger partial charge in [-0.15, -0.1) is 0 Å². The molecular formula is C12H6ClF2NO3. The summed E-state index contributed by atoms with van der Waals surface area (Å²) in [5.74, 6) is -3.19. The van der Waals surface area contributed by atoms with Crippen molar-refractivity contribution in [1.82, 2.24) is 4.98 Å². The number of carboxylic acids is 1. The number of hydrogen-bond acceptors (Lipinski definition) is 3. The quantitative estimate of drug-likeness (QED) is 0.877. The summed E-state index contributed by atoms with van der Waals surface area (Å²) in [7, 11) is 0. The molecular weight excluding hydrogens is 280 g/mol. The molecule has 1 heterocycles.